The zero-order chi connectivity index (χ0) is 24.3. The lowest BCUT2D eigenvalue weighted by Gasteiger charge is -2.08. The monoisotopic (exact) mass is 458 g/mol. The van der Waals surface area contributed by atoms with Gasteiger partial charge in [0.25, 0.3) is 0 Å². The summed E-state index contributed by atoms with van der Waals surface area (Å²) in [6.07, 6.45) is 11.1. The van der Waals surface area contributed by atoms with Crippen molar-refractivity contribution >= 4 is 22.6 Å². The predicted molar refractivity (Wildman–Crippen MR) is 141 cm³/mol. The largest absolute Gasteiger partial charge is 0.489 e. The van der Waals surface area contributed by atoms with Crippen LogP contribution in [0.5, 0.6) is 5.75 Å². The number of hydrogen-bond acceptors (Lipinski definition) is 5. The summed E-state index contributed by atoms with van der Waals surface area (Å²) in [6, 6.07) is 14.8. The molecule has 0 saturated carbocycles. The van der Waals surface area contributed by atoms with E-state index in [0.29, 0.717) is 17.5 Å². The Hall–Kier alpha value is -3.60. The Morgan fingerprint density at radius 2 is 1.68 bits per heavy atom. The first kappa shape index (κ1) is 25.0. The Kier molecular flexibility index (Phi) is 9.27. The van der Waals surface area contributed by atoms with Crippen LogP contribution in [0.4, 0.5) is 11.7 Å². The normalized spacial score (nSPS) is 12.0. The van der Waals surface area contributed by atoms with E-state index in [9.17, 15) is 4.79 Å². The van der Waals surface area contributed by atoms with Gasteiger partial charge in [-0.25, -0.2) is 4.79 Å². The molecule has 0 aliphatic heterocycles. The summed E-state index contributed by atoms with van der Waals surface area (Å²) in [6.45, 7) is 9.14. The second-order valence-electron chi connectivity index (χ2n) is 8.75. The van der Waals surface area contributed by atoms with Gasteiger partial charge in [-0.05, 0) is 83.7 Å². The van der Waals surface area contributed by atoms with Crippen LogP contribution in [0.2, 0.25) is 0 Å². The fourth-order valence-corrected chi connectivity index (χ4v) is 3.48. The number of fused-ring (bicyclic) bond motifs is 1. The van der Waals surface area contributed by atoms with Gasteiger partial charge in [0.2, 0.25) is 0 Å². The average molecular weight is 459 g/mol. The molecule has 0 unspecified atom stereocenters. The SMILES string of the molecule is CC(C)=CCC/C(C)=C/CC/C(C)=C/COc1cccc(Nc2nc3ccccc3c(=O)o2)c1. The zero-order valence-electron chi connectivity index (χ0n) is 20.6. The van der Waals surface area contributed by atoms with Crippen LogP contribution < -0.4 is 15.7 Å². The molecule has 0 fully saturated rings. The average Bonchev–Trinajstić information content (AvgIpc) is 2.79. The molecule has 34 heavy (non-hydrogen) atoms. The maximum absolute atomic E-state index is 12.2. The summed E-state index contributed by atoms with van der Waals surface area (Å²) in [5, 5.41) is 3.51. The van der Waals surface area contributed by atoms with Crippen LogP contribution in [0.15, 0.2) is 92.7 Å². The molecule has 3 rings (SSSR count). The zero-order valence-corrected chi connectivity index (χ0v) is 20.6. The van der Waals surface area contributed by atoms with E-state index in [0.717, 1.165) is 37.1 Å². The third-order valence-corrected chi connectivity index (χ3v) is 5.43. The lowest BCUT2D eigenvalue weighted by molar-refractivity contribution is 0.362. The molecular weight excluding hydrogens is 424 g/mol. The van der Waals surface area contributed by atoms with Crippen molar-refractivity contribution in [2.75, 3.05) is 11.9 Å². The second-order valence-corrected chi connectivity index (χ2v) is 8.75. The van der Waals surface area contributed by atoms with E-state index in [2.05, 4.69) is 56.2 Å². The third kappa shape index (κ3) is 8.07. The number of nitrogens with zero attached hydrogens (tertiary/aromatic N) is 1. The first-order valence-electron chi connectivity index (χ1n) is 11.7. The van der Waals surface area contributed by atoms with Crippen LogP contribution in [-0.2, 0) is 0 Å². The van der Waals surface area contributed by atoms with Gasteiger partial charge >= 0.3 is 11.6 Å². The van der Waals surface area contributed by atoms with E-state index < -0.39 is 5.63 Å². The number of allylic oxidation sites excluding steroid dienone is 5. The molecule has 0 bridgehead atoms. The highest BCUT2D eigenvalue weighted by Crippen LogP contribution is 2.21. The summed E-state index contributed by atoms with van der Waals surface area (Å²) in [4.78, 5) is 16.5. The molecule has 0 amide bonds. The molecular formula is C29H34N2O3. The van der Waals surface area contributed by atoms with Crippen molar-refractivity contribution in [1.29, 1.82) is 0 Å². The quantitative estimate of drug-likeness (QED) is 0.298. The first-order valence-corrected chi connectivity index (χ1v) is 11.7. The van der Waals surface area contributed by atoms with Gasteiger partial charge in [0.05, 0.1) is 10.9 Å². The standard InChI is InChI=1S/C29H34N2O3/c1-21(2)10-7-11-22(3)12-8-13-23(4)18-19-33-25-15-9-14-24(20-25)30-29-31-27-17-6-5-16-26(27)28(32)34-29/h5-6,9-10,12,14-18,20H,7-8,11,13,19H2,1-4H3,(H,30,31)/b22-12+,23-18+. The van der Waals surface area contributed by atoms with Gasteiger partial charge in [0, 0.05) is 11.8 Å². The van der Waals surface area contributed by atoms with Crippen molar-refractivity contribution < 1.29 is 9.15 Å². The van der Waals surface area contributed by atoms with Crippen LogP contribution >= 0.6 is 0 Å². The lowest BCUT2D eigenvalue weighted by atomic mass is 10.1. The van der Waals surface area contributed by atoms with Crippen molar-refractivity contribution in [3.8, 4) is 5.75 Å². The number of rotatable bonds is 11. The predicted octanol–water partition coefficient (Wildman–Crippen LogP) is 7.73. The molecule has 0 atom stereocenters. The number of anilines is 2. The van der Waals surface area contributed by atoms with Crippen molar-refractivity contribution in [3.05, 3.63) is 93.9 Å². The molecule has 1 aromatic heterocycles. The molecule has 0 radical (unpaired) electrons. The van der Waals surface area contributed by atoms with Gasteiger partial charge in [-0.2, -0.15) is 4.98 Å². The fraction of sp³-hybridized carbons (Fsp3) is 0.310. The molecule has 1 heterocycles. The number of hydrogen-bond donors (Lipinski definition) is 1. The number of para-hydroxylation sites is 1. The van der Waals surface area contributed by atoms with Crippen molar-refractivity contribution in [2.45, 2.75) is 53.4 Å². The first-order chi connectivity index (χ1) is 16.4. The Morgan fingerprint density at radius 1 is 0.941 bits per heavy atom. The van der Waals surface area contributed by atoms with Gasteiger partial charge in [-0.15, -0.1) is 0 Å². The minimum atomic E-state index is -0.418. The molecule has 0 aliphatic carbocycles. The maximum Gasteiger partial charge on any atom is 0.348 e. The molecule has 5 nitrogen and oxygen atoms in total. The molecule has 1 N–H and O–H groups in total. The van der Waals surface area contributed by atoms with E-state index in [4.69, 9.17) is 9.15 Å². The minimum Gasteiger partial charge on any atom is -0.489 e. The molecule has 0 aliphatic rings. The van der Waals surface area contributed by atoms with Gasteiger partial charge in [0.1, 0.15) is 12.4 Å². The number of benzene rings is 2. The molecule has 3 aromatic rings. The fourth-order valence-electron chi connectivity index (χ4n) is 3.48. The lowest BCUT2D eigenvalue weighted by Crippen LogP contribution is -2.05. The van der Waals surface area contributed by atoms with Crippen LogP contribution in [0.25, 0.3) is 10.9 Å². The Balaban J connectivity index is 1.50. The summed E-state index contributed by atoms with van der Waals surface area (Å²) in [5.41, 5.74) is 5.04. The van der Waals surface area contributed by atoms with Crippen LogP contribution in [0.1, 0.15) is 53.4 Å². The van der Waals surface area contributed by atoms with E-state index in [1.165, 1.54) is 16.7 Å². The third-order valence-electron chi connectivity index (χ3n) is 5.43. The van der Waals surface area contributed by atoms with Crippen molar-refractivity contribution in [3.63, 3.8) is 0 Å². The molecule has 2 aromatic carbocycles. The van der Waals surface area contributed by atoms with Crippen LogP contribution in [-0.4, -0.2) is 11.6 Å². The van der Waals surface area contributed by atoms with E-state index in [1.807, 2.05) is 30.3 Å². The minimum absolute atomic E-state index is 0.154. The van der Waals surface area contributed by atoms with E-state index in [1.54, 1.807) is 18.2 Å². The maximum atomic E-state index is 12.2. The molecule has 0 saturated heterocycles. The van der Waals surface area contributed by atoms with Gasteiger partial charge < -0.3 is 14.5 Å². The Morgan fingerprint density at radius 3 is 2.47 bits per heavy atom. The van der Waals surface area contributed by atoms with E-state index in [-0.39, 0.29) is 6.01 Å². The number of aromatic nitrogens is 1. The highest BCUT2D eigenvalue weighted by Gasteiger charge is 2.06. The summed E-state index contributed by atoms with van der Waals surface area (Å²) in [7, 11) is 0. The van der Waals surface area contributed by atoms with Crippen LogP contribution in [0, 0.1) is 0 Å². The van der Waals surface area contributed by atoms with Crippen molar-refractivity contribution in [1.82, 2.24) is 4.98 Å². The summed E-state index contributed by atoms with van der Waals surface area (Å²) >= 11 is 0. The number of nitrogens with one attached hydrogen (secondary N) is 1. The topological polar surface area (TPSA) is 64.4 Å². The van der Waals surface area contributed by atoms with Gasteiger partial charge in [-0.3, -0.25) is 0 Å². The smallest absolute Gasteiger partial charge is 0.348 e. The van der Waals surface area contributed by atoms with Crippen LogP contribution in [0.3, 0.4) is 0 Å². The molecule has 0 spiro atoms. The second kappa shape index (κ2) is 12.6. The summed E-state index contributed by atoms with van der Waals surface area (Å²) < 4.78 is 11.2. The Bertz CT molecular complexity index is 1250. The van der Waals surface area contributed by atoms with Crippen molar-refractivity contribution in [2.24, 2.45) is 0 Å². The number of ether oxygens (including phenoxy) is 1. The van der Waals surface area contributed by atoms with Gasteiger partial charge in [0.15, 0.2) is 0 Å². The summed E-state index contributed by atoms with van der Waals surface area (Å²) in [5.74, 6) is 0.729. The molecule has 178 valence electrons. The highest BCUT2D eigenvalue weighted by molar-refractivity contribution is 5.78. The Labute approximate surface area is 201 Å². The highest BCUT2D eigenvalue weighted by atomic mass is 16.5. The van der Waals surface area contributed by atoms with Gasteiger partial charge in [-0.1, -0.05) is 47.1 Å². The van der Waals surface area contributed by atoms with E-state index >= 15 is 0 Å². The molecule has 5 heteroatoms.